The van der Waals surface area contributed by atoms with Crippen molar-refractivity contribution in [1.82, 2.24) is 19.7 Å². The van der Waals surface area contributed by atoms with Crippen molar-refractivity contribution in [3.63, 3.8) is 0 Å². The Bertz CT molecular complexity index is 985. The van der Waals surface area contributed by atoms with E-state index in [2.05, 4.69) is 20.4 Å². The van der Waals surface area contributed by atoms with E-state index in [1.165, 1.54) is 4.68 Å². The van der Waals surface area contributed by atoms with Gasteiger partial charge in [-0.25, -0.2) is 17.9 Å². The summed E-state index contributed by atoms with van der Waals surface area (Å²) in [6.07, 6.45) is -0.147. The highest BCUT2D eigenvalue weighted by Gasteiger charge is 2.18. The van der Waals surface area contributed by atoms with Gasteiger partial charge in [0.1, 0.15) is 0 Å². The molecule has 2 aromatic heterocycles. The summed E-state index contributed by atoms with van der Waals surface area (Å²) >= 11 is 0. The lowest BCUT2D eigenvalue weighted by Gasteiger charge is -2.10. The third-order valence-corrected chi connectivity index (χ3v) is 4.15. The summed E-state index contributed by atoms with van der Waals surface area (Å²) in [7, 11) is 0. The van der Waals surface area contributed by atoms with Gasteiger partial charge in [0.2, 0.25) is 5.95 Å². The quantitative estimate of drug-likeness (QED) is 0.624. The van der Waals surface area contributed by atoms with Crippen LogP contribution in [0.4, 0.5) is 24.8 Å². The van der Waals surface area contributed by atoms with Crippen LogP contribution in [-0.2, 0) is 6.54 Å². The molecule has 0 saturated heterocycles. The van der Waals surface area contributed by atoms with Crippen molar-refractivity contribution in [2.24, 2.45) is 0 Å². The summed E-state index contributed by atoms with van der Waals surface area (Å²) in [6, 6.07) is 5.51. The summed E-state index contributed by atoms with van der Waals surface area (Å²) < 4.78 is 42.1. The van der Waals surface area contributed by atoms with E-state index in [9.17, 15) is 18.3 Å². The number of aliphatic hydroxyl groups is 1. The highest BCUT2D eigenvalue weighted by atomic mass is 19.2. The molecule has 2 heterocycles. The van der Waals surface area contributed by atoms with Gasteiger partial charge in [0, 0.05) is 17.0 Å². The largest absolute Gasteiger partial charge is 0.391 e. The first kappa shape index (κ1) is 19.8. The Morgan fingerprint density at radius 1 is 1.07 bits per heavy atom. The van der Waals surface area contributed by atoms with Crippen LogP contribution in [0, 0.1) is 31.3 Å². The number of rotatable bonds is 6. The Morgan fingerprint density at radius 2 is 1.75 bits per heavy atom. The van der Waals surface area contributed by atoms with Crippen LogP contribution in [0.2, 0.25) is 0 Å². The Morgan fingerprint density at radius 3 is 2.39 bits per heavy atom. The molecule has 28 heavy (non-hydrogen) atoms. The number of halogens is 3. The molecule has 3 aromatic rings. The third-order valence-electron chi connectivity index (χ3n) is 4.15. The van der Waals surface area contributed by atoms with Crippen molar-refractivity contribution in [3.8, 4) is 11.4 Å². The molecule has 0 bridgehead atoms. The van der Waals surface area contributed by atoms with E-state index in [4.69, 9.17) is 0 Å². The van der Waals surface area contributed by atoms with Crippen molar-refractivity contribution in [1.29, 1.82) is 0 Å². The molecular formula is C19H20F3N5O. The predicted octanol–water partition coefficient (Wildman–Crippen LogP) is 3.89. The summed E-state index contributed by atoms with van der Waals surface area (Å²) in [5, 5.41) is 16.9. The molecule has 148 valence electrons. The van der Waals surface area contributed by atoms with Crippen molar-refractivity contribution in [2.45, 2.75) is 39.8 Å². The zero-order valence-corrected chi connectivity index (χ0v) is 15.7. The van der Waals surface area contributed by atoms with Crippen LogP contribution < -0.4 is 5.32 Å². The maximum atomic E-state index is 14.0. The lowest BCUT2D eigenvalue weighted by atomic mass is 10.2. The highest BCUT2D eigenvalue weighted by Crippen LogP contribution is 2.25. The first-order valence-corrected chi connectivity index (χ1v) is 8.77. The molecule has 0 aliphatic heterocycles. The van der Waals surface area contributed by atoms with Crippen LogP contribution in [0.5, 0.6) is 0 Å². The summed E-state index contributed by atoms with van der Waals surface area (Å²) in [5.41, 5.74) is 1.99. The lowest BCUT2D eigenvalue weighted by Crippen LogP contribution is -2.17. The monoisotopic (exact) mass is 391 g/mol. The van der Waals surface area contributed by atoms with E-state index in [1.807, 2.05) is 32.9 Å². The number of aryl methyl sites for hydroxylation is 2. The summed E-state index contributed by atoms with van der Waals surface area (Å²) in [6.45, 7) is 5.68. The minimum Gasteiger partial charge on any atom is -0.391 e. The molecular weight excluding hydrogens is 371 g/mol. The average molecular weight is 391 g/mol. The maximum Gasteiger partial charge on any atom is 0.247 e. The normalized spacial score (nSPS) is 12.2. The summed E-state index contributed by atoms with van der Waals surface area (Å²) in [5.74, 6) is -3.79. The van der Waals surface area contributed by atoms with Crippen LogP contribution in [0.1, 0.15) is 24.7 Å². The number of anilines is 2. The van der Waals surface area contributed by atoms with Crippen molar-refractivity contribution in [2.75, 3.05) is 5.32 Å². The van der Waals surface area contributed by atoms with Crippen LogP contribution in [0.15, 0.2) is 24.3 Å². The molecule has 1 aromatic carbocycles. The number of pyridine rings is 1. The molecule has 0 radical (unpaired) electrons. The topological polar surface area (TPSA) is 75.9 Å². The Labute approximate surface area is 160 Å². The first-order valence-electron chi connectivity index (χ1n) is 8.77. The maximum absolute atomic E-state index is 14.0. The Hall–Kier alpha value is -2.94. The van der Waals surface area contributed by atoms with Gasteiger partial charge in [-0.2, -0.15) is 4.98 Å². The van der Waals surface area contributed by atoms with Crippen molar-refractivity contribution >= 4 is 11.6 Å². The molecule has 2 N–H and O–H groups in total. The van der Waals surface area contributed by atoms with Gasteiger partial charge < -0.3 is 10.4 Å². The van der Waals surface area contributed by atoms with Crippen LogP contribution in [0.25, 0.3) is 11.4 Å². The molecule has 0 aliphatic rings. The average Bonchev–Trinajstić information content (AvgIpc) is 3.03. The molecule has 0 spiro atoms. The molecule has 6 nitrogen and oxygen atoms in total. The number of nitrogens with one attached hydrogen (secondary N) is 1. The van der Waals surface area contributed by atoms with Crippen LogP contribution in [-0.4, -0.2) is 31.0 Å². The number of nitrogens with zero attached hydrogens (tertiary/aromatic N) is 4. The van der Waals surface area contributed by atoms with Gasteiger partial charge in [0.25, 0.3) is 0 Å². The fraction of sp³-hybridized carbons (Fsp3) is 0.316. The molecule has 1 atom stereocenters. The SMILES string of the molecule is CC[C@H](O)Cn1nc(Nc2ccc(F)c(F)c2F)nc1-c1cc(C)nc(C)c1. The minimum absolute atomic E-state index is 0.00432. The van der Waals surface area contributed by atoms with Crippen LogP contribution in [0.3, 0.4) is 0 Å². The molecule has 3 rings (SSSR count). The van der Waals surface area contributed by atoms with Crippen LogP contribution >= 0.6 is 0 Å². The van der Waals surface area contributed by atoms with Crippen molar-refractivity contribution in [3.05, 3.63) is 53.1 Å². The Kier molecular flexibility index (Phi) is 5.64. The lowest BCUT2D eigenvalue weighted by molar-refractivity contribution is 0.146. The van der Waals surface area contributed by atoms with Gasteiger partial charge in [-0.1, -0.05) is 6.92 Å². The number of aliphatic hydroxyl groups excluding tert-OH is 1. The zero-order chi connectivity index (χ0) is 20.4. The second kappa shape index (κ2) is 7.97. The predicted molar refractivity (Wildman–Crippen MR) is 98.6 cm³/mol. The van der Waals surface area contributed by atoms with E-state index in [0.717, 1.165) is 29.1 Å². The van der Waals surface area contributed by atoms with Gasteiger partial charge in [0.05, 0.1) is 18.3 Å². The Balaban J connectivity index is 2.02. The van der Waals surface area contributed by atoms with E-state index in [0.29, 0.717) is 12.2 Å². The van der Waals surface area contributed by atoms with E-state index < -0.39 is 23.6 Å². The van der Waals surface area contributed by atoms with Gasteiger partial charge in [0.15, 0.2) is 23.3 Å². The summed E-state index contributed by atoms with van der Waals surface area (Å²) in [4.78, 5) is 8.68. The molecule has 0 unspecified atom stereocenters. The number of hydrogen-bond donors (Lipinski definition) is 2. The minimum atomic E-state index is -1.58. The van der Waals surface area contributed by atoms with E-state index in [1.54, 1.807) is 0 Å². The molecule has 0 fully saturated rings. The second-order valence-electron chi connectivity index (χ2n) is 6.49. The molecule has 0 saturated carbocycles. The molecule has 9 heteroatoms. The second-order valence-corrected chi connectivity index (χ2v) is 6.49. The van der Waals surface area contributed by atoms with Gasteiger partial charge in [-0.3, -0.25) is 4.98 Å². The zero-order valence-electron chi connectivity index (χ0n) is 15.7. The number of benzene rings is 1. The van der Waals surface area contributed by atoms with E-state index in [-0.39, 0.29) is 18.2 Å². The number of aromatic nitrogens is 4. The van der Waals surface area contributed by atoms with Gasteiger partial charge in [-0.05, 0) is 44.5 Å². The number of hydrogen-bond acceptors (Lipinski definition) is 5. The standard InChI is InChI=1S/C19H20F3N5O/c1-4-13(28)9-27-18(12-7-10(2)23-11(3)8-12)25-19(26-27)24-15-6-5-14(20)16(21)17(15)22/h5-8,13,28H,4,9H2,1-3H3,(H,24,26)/t13-/m0/s1. The smallest absolute Gasteiger partial charge is 0.247 e. The van der Waals surface area contributed by atoms with Crippen molar-refractivity contribution < 1.29 is 18.3 Å². The fourth-order valence-corrected chi connectivity index (χ4v) is 2.77. The third kappa shape index (κ3) is 4.14. The van der Waals surface area contributed by atoms with Gasteiger partial charge >= 0.3 is 0 Å². The van der Waals surface area contributed by atoms with E-state index >= 15 is 0 Å². The highest BCUT2D eigenvalue weighted by molar-refractivity contribution is 5.61. The fourth-order valence-electron chi connectivity index (χ4n) is 2.77. The van der Waals surface area contributed by atoms with Gasteiger partial charge in [-0.15, -0.1) is 5.10 Å². The first-order chi connectivity index (χ1) is 13.3. The molecule has 0 aliphatic carbocycles. The molecule has 0 amide bonds.